The van der Waals surface area contributed by atoms with Gasteiger partial charge in [0.05, 0.1) is 23.4 Å². The third-order valence-corrected chi connectivity index (χ3v) is 7.74. The van der Waals surface area contributed by atoms with Crippen LogP contribution in [0.5, 0.6) is 5.75 Å². The summed E-state index contributed by atoms with van der Waals surface area (Å²) in [4.78, 5) is 12.4. The Morgan fingerprint density at radius 3 is 2.05 bits per heavy atom. The van der Waals surface area contributed by atoms with E-state index in [1.165, 1.54) is 36.4 Å². The van der Waals surface area contributed by atoms with Crippen molar-refractivity contribution in [3.05, 3.63) is 78.6 Å². The third-order valence-electron chi connectivity index (χ3n) is 5.15. The molecule has 0 aliphatic carbocycles. The largest absolute Gasteiger partial charge is 0.494 e. The van der Waals surface area contributed by atoms with Crippen LogP contribution in [0.15, 0.2) is 77.7 Å². The summed E-state index contributed by atoms with van der Waals surface area (Å²) in [7, 11) is -7.46. The first-order chi connectivity index (χ1) is 17.5. The average Bonchev–Trinajstić information content (AvgIpc) is 2.83. The molecule has 12 heteroatoms. The molecule has 0 aliphatic heterocycles. The van der Waals surface area contributed by atoms with Crippen LogP contribution in [0.25, 0.3) is 0 Å². The molecule has 0 fully saturated rings. The lowest BCUT2D eigenvalue weighted by molar-refractivity contribution is -0.116. The van der Waals surface area contributed by atoms with E-state index in [4.69, 9.17) is 4.74 Å². The van der Waals surface area contributed by atoms with Crippen molar-refractivity contribution in [3.8, 4) is 5.75 Å². The van der Waals surface area contributed by atoms with Gasteiger partial charge in [-0.3, -0.25) is 13.8 Å². The second kappa shape index (κ2) is 12.1. The molecule has 0 heterocycles. The Morgan fingerprint density at radius 2 is 1.49 bits per heavy atom. The summed E-state index contributed by atoms with van der Waals surface area (Å²) in [5.41, 5.74) is 1.08. The molecule has 0 radical (unpaired) electrons. The number of nitrogens with one attached hydrogen (secondary N) is 2. The molecule has 2 N–H and O–H groups in total. The second-order valence-corrected chi connectivity index (χ2v) is 11.6. The Bertz CT molecular complexity index is 1410. The Hall–Kier alpha value is -3.64. The summed E-state index contributed by atoms with van der Waals surface area (Å²) in [6, 6.07) is 17.2. The molecule has 1 amide bonds. The van der Waals surface area contributed by atoms with E-state index in [1.54, 1.807) is 24.3 Å². The number of anilines is 3. The van der Waals surface area contributed by atoms with Gasteiger partial charge in [0, 0.05) is 24.3 Å². The smallest absolute Gasteiger partial charge is 0.261 e. The fourth-order valence-corrected chi connectivity index (χ4v) is 5.44. The van der Waals surface area contributed by atoms with Gasteiger partial charge in [-0.15, -0.1) is 0 Å². The monoisotopic (exact) mass is 549 g/mol. The van der Waals surface area contributed by atoms with Gasteiger partial charge in [0.15, 0.2) is 0 Å². The summed E-state index contributed by atoms with van der Waals surface area (Å²) in [6.07, 6.45) is 1.28. The molecule has 0 spiro atoms. The van der Waals surface area contributed by atoms with Crippen LogP contribution in [-0.4, -0.2) is 42.2 Å². The molecule has 3 aromatic rings. The third kappa shape index (κ3) is 8.19. The Morgan fingerprint density at radius 1 is 0.892 bits per heavy atom. The molecule has 0 saturated carbocycles. The SMILES string of the molecule is CCOc1ccc(NS(=O)(=O)c2ccc(NC(=O)CCCN(c3ccc(F)cc3)S(C)(=O)=O)cc2)cc1. The molecular weight excluding hydrogens is 521 g/mol. The topological polar surface area (TPSA) is 122 Å². The van der Waals surface area contributed by atoms with Crippen molar-refractivity contribution in [2.45, 2.75) is 24.7 Å². The highest BCUT2D eigenvalue weighted by Gasteiger charge is 2.18. The van der Waals surface area contributed by atoms with Crippen molar-refractivity contribution < 1.29 is 30.8 Å². The van der Waals surface area contributed by atoms with Gasteiger partial charge in [-0.2, -0.15) is 0 Å². The van der Waals surface area contributed by atoms with Gasteiger partial charge in [0.2, 0.25) is 15.9 Å². The van der Waals surface area contributed by atoms with Gasteiger partial charge in [-0.25, -0.2) is 21.2 Å². The molecule has 9 nitrogen and oxygen atoms in total. The molecule has 3 aromatic carbocycles. The number of amides is 1. The number of rotatable bonds is 12. The predicted octanol–water partition coefficient (Wildman–Crippen LogP) is 4.21. The van der Waals surface area contributed by atoms with Crippen molar-refractivity contribution in [1.82, 2.24) is 0 Å². The highest BCUT2D eigenvalue weighted by Crippen LogP contribution is 2.22. The lowest BCUT2D eigenvalue weighted by Crippen LogP contribution is -2.31. The lowest BCUT2D eigenvalue weighted by Gasteiger charge is -2.22. The quantitative estimate of drug-likeness (QED) is 0.349. The zero-order chi connectivity index (χ0) is 27.1. The highest BCUT2D eigenvalue weighted by atomic mass is 32.2. The van der Waals surface area contributed by atoms with Crippen molar-refractivity contribution in [3.63, 3.8) is 0 Å². The Balaban J connectivity index is 1.55. The normalized spacial score (nSPS) is 11.5. The maximum absolute atomic E-state index is 13.2. The van der Waals surface area contributed by atoms with Crippen LogP contribution in [-0.2, 0) is 24.8 Å². The number of hydrogen-bond donors (Lipinski definition) is 2. The number of carbonyl (C=O) groups excluding carboxylic acids is 1. The maximum atomic E-state index is 13.2. The van der Waals surface area contributed by atoms with E-state index in [0.717, 1.165) is 22.7 Å². The van der Waals surface area contributed by atoms with E-state index in [9.17, 15) is 26.0 Å². The first-order valence-electron chi connectivity index (χ1n) is 11.4. The minimum atomic E-state index is -3.84. The lowest BCUT2D eigenvalue weighted by atomic mass is 10.2. The van der Waals surface area contributed by atoms with Crippen molar-refractivity contribution in [1.29, 1.82) is 0 Å². The van der Waals surface area contributed by atoms with Crippen LogP contribution in [0.1, 0.15) is 19.8 Å². The standard InChI is InChI=1S/C25H28FN3O6S2/c1-3-35-23-14-8-21(9-15-23)28-37(33,34)24-16-10-20(11-17-24)27-25(30)5-4-18-29(36(2,31)32)22-12-6-19(26)7-13-22/h6-17,28H,3-5,18H2,1-2H3,(H,27,30). The molecule has 0 bridgehead atoms. The number of hydrogen-bond acceptors (Lipinski definition) is 6. The molecule has 0 aromatic heterocycles. The van der Waals surface area contributed by atoms with Crippen LogP contribution in [0, 0.1) is 5.82 Å². The van der Waals surface area contributed by atoms with Gasteiger partial charge < -0.3 is 10.1 Å². The van der Waals surface area contributed by atoms with Gasteiger partial charge in [-0.1, -0.05) is 0 Å². The van der Waals surface area contributed by atoms with Gasteiger partial charge in [0.1, 0.15) is 11.6 Å². The summed E-state index contributed by atoms with van der Waals surface area (Å²) in [5, 5.41) is 2.66. The first kappa shape index (κ1) is 27.9. The van der Waals surface area contributed by atoms with E-state index < -0.39 is 25.9 Å². The van der Waals surface area contributed by atoms with Crippen LogP contribution in [0.3, 0.4) is 0 Å². The zero-order valence-corrected chi connectivity index (χ0v) is 22.0. The maximum Gasteiger partial charge on any atom is 0.261 e. The van der Waals surface area contributed by atoms with Crippen molar-refractivity contribution in [2.75, 3.05) is 33.8 Å². The number of benzene rings is 3. The second-order valence-electron chi connectivity index (χ2n) is 8.05. The number of carbonyl (C=O) groups is 1. The average molecular weight is 550 g/mol. The predicted molar refractivity (Wildman–Crippen MR) is 141 cm³/mol. The van der Waals surface area contributed by atoms with E-state index in [2.05, 4.69) is 10.0 Å². The Labute approximate surface area is 216 Å². The number of nitrogens with zero attached hydrogens (tertiary/aromatic N) is 1. The first-order valence-corrected chi connectivity index (χ1v) is 14.7. The van der Waals surface area contributed by atoms with Gasteiger partial charge in [0.25, 0.3) is 10.0 Å². The molecule has 198 valence electrons. The highest BCUT2D eigenvalue weighted by molar-refractivity contribution is 7.92. The number of ether oxygens (including phenoxy) is 1. The van der Waals surface area contributed by atoms with Crippen LogP contribution in [0.2, 0.25) is 0 Å². The van der Waals surface area contributed by atoms with E-state index in [0.29, 0.717) is 29.4 Å². The molecule has 3 rings (SSSR count). The van der Waals surface area contributed by atoms with Crippen LogP contribution in [0.4, 0.5) is 21.5 Å². The molecule has 37 heavy (non-hydrogen) atoms. The minimum absolute atomic E-state index is 0.0162. The van der Waals surface area contributed by atoms with Crippen molar-refractivity contribution >= 4 is 43.0 Å². The van der Waals surface area contributed by atoms with E-state index >= 15 is 0 Å². The molecule has 0 unspecified atom stereocenters. The number of halogens is 1. The molecular formula is C25H28FN3O6S2. The summed E-state index contributed by atoms with van der Waals surface area (Å²) in [5.74, 6) is -0.219. The van der Waals surface area contributed by atoms with Crippen LogP contribution < -0.4 is 19.1 Å². The Kier molecular flexibility index (Phi) is 9.11. The summed E-state index contributed by atoms with van der Waals surface area (Å²) < 4.78 is 71.7. The van der Waals surface area contributed by atoms with Gasteiger partial charge >= 0.3 is 0 Å². The molecule has 0 aliphatic rings. The molecule has 0 atom stereocenters. The summed E-state index contributed by atoms with van der Waals surface area (Å²) >= 11 is 0. The fourth-order valence-electron chi connectivity index (χ4n) is 3.42. The minimum Gasteiger partial charge on any atom is -0.494 e. The van der Waals surface area contributed by atoms with E-state index in [-0.39, 0.29) is 30.2 Å². The van der Waals surface area contributed by atoms with Gasteiger partial charge in [-0.05, 0) is 86.1 Å². The van der Waals surface area contributed by atoms with E-state index in [1.807, 2.05) is 6.92 Å². The fraction of sp³-hybridized carbons (Fsp3) is 0.240. The molecule has 0 saturated heterocycles. The van der Waals surface area contributed by atoms with Crippen molar-refractivity contribution in [2.24, 2.45) is 0 Å². The summed E-state index contributed by atoms with van der Waals surface area (Å²) in [6.45, 7) is 2.39. The zero-order valence-electron chi connectivity index (χ0n) is 20.3. The van der Waals surface area contributed by atoms with Crippen LogP contribution >= 0.6 is 0 Å². The number of sulfonamides is 2.